The highest BCUT2D eigenvalue weighted by atomic mass is 32.2. The van der Waals surface area contributed by atoms with Crippen molar-refractivity contribution >= 4 is 34.0 Å². The molecule has 0 spiro atoms. The van der Waals surface area contributed by atoms with Crippen molar-refractivity contribution in [2.45, 2.75) is 17.1 Å². The normalized spacial score (nSPS) is 17.7. The summed E-state index contributed by atoms with van der Waals surface area (Å²) in [6.45, 7) is -0.803. The van der Waals surface area contributed by atoms with Gasteiger partial charge in [-0.2, -0.15) is 13.2 Å². The van der Waals surface area contributed by atoms with Crippen molar-refractivity contribution < 1.29 is 37.5 Å². The van der Waals surface area contributed by atoms with E-state index < -0.39 is 64.3 Å². The molecule has 1 aromatic heterocycles. The Kier molecular flexibility index (Phi) is 5.58. The first-order valence-electron chi connectivity index (χ1n) is 9.46. The van der Waals surface area contributed by atoms with E-state index in [1.165, 1.54) is 18.2 Å². The molecule has 3 N–H and O–H groups in total. The Hall–Kier alpha value is -3.51. The third-order valence-corrected chi connectivity index (χ3v) is 6.72. The molecule has 0 radical (unpaired) electrons. The standard InChI is InChI=1S/C21H15F3N2O6S/c22-21(23,24)11-6-4-10(5-7-11)13-9-33(32)14-3-1-2-12-17(14)26(13)20(31)16(18(12)29)19(30)25-8-15(27)28/h1-7,13,29H,8-9H2,(H,25,30)(H,27,28). The van der Waals surface area contributed by atoms with Crippen LogP contribution in [0.5, 0.6) is 5.75 Å². The van der Waals surface area contributed by atoms with Crippen molar-refractivity contribution in [3.63, 3.8) is 0 Å². The highest BCUT2D eigenvalue weighted by Crippen LogP contribution is 2.39. The summed E-state index contributed by atoms with van der Waals surface area (Å²) < 4.78 is 52.9. The van der Waals surface area contributed by atoms with Gasteiger partial charge in [0, 0.05) is 5.39 Å². The molecule has 12 heteroatoms. The summed E-state index contributed by atoms with van der Waals surface area (Å²) in [5, 5.41) is 21.5. The number of benzene rings is 2. The molecule has 4 rings (SSSR count). The molecule has 172 valence electrons. The number of carbonyl (C=O) groups is 2. The van der Waals surface area contributed by atoms with Crippen LogP contribution in [0.25, 0.3) is 10.9 Å². The SMILES string of the molecule is O=C(O)CNC(=O)c1c(O)c2cccc3c2n(c1=O)C(c1ccc(C(F)(F)F)cc1)C[S+]3[O-]. The number of pyridine rings is 1. The first-order valence-corrected chi connectivity index (χ1v) is 10.8. The van der Waals surface area contributed by atoms with Gasteiger partial charge in [-0.05, 0) is 41.0 Å². The maximum atomic E-state index is 13.3. The van der Waals surface area contributed by atoms with Crippen LogP contribution in [-0.2, 0) is 22.1 Å². The van der Waals surface area contributed by atoms with Gasteiger partial charge in [0.2, 0.25) is 0 Å². The number of alkyl halides is 3. The van der Waals surface area contributed by atoms with Gasteiger partial charge in [-0.3, -0.25) is 19.0 Å². The lowest BCUT2D eigenvalue weighted by Crippen LogP contribution is -2.40. The molecule has 0 fully saturated rings. The maximum absolute atomic E-state index is 13.3. The number of aromatic nitrogens is 1. The Morgan fingerprint density at radius 2 is 1.85 bits per heavy atom. The van der Waals surface area contributed by atoms with Crippen molar-refractivity contribution in [2.75, 3.05) is 12.3 Å². The summed E-state index contributed by atoms with van der Waals surface area (Å²) in [7, 11) is 0. The topological polar surface area (TPSA) is 132 Å². The van der Waals surface area contributed by atoms with Gasteiger partial charge in [0.25, 0.3) is 11.5 Å². The number of carboxylic acids is 1. The van der Waals surface area contributed by atoms with E-state index >= 15 is 0 Å². The minimum Gasteiger partial charge on any atom is -0.611 e. The number of hydrogen-bond acceptors (Lipinski definition) is 5. The summed E-state index contributed by atoms with van der Waals surface area (Å²) in [6.07, 6.45) is -4.57. The summed E-state index contributed by atoms with van der Waals surface area (Å²) >= 11 is -1.66. The number of aliphatic carboxylic acids is 1. The third-order valence-electron chi connectivity index (χ3n) is 5.28. The molecule has 2 heterocycles. The third kappa shape index (κ3) is 3.91. The molecule has 33 heavy (non-hydrogen) atoms. The molecular weight excluding hydrogens is 465 g/mol. The minimum atomic E-state index is -4.57. The van der Waals surface area contributed by atoms with Gasteiger partial charge in [-0.15, -0.1) is 0 Å². The van der Waals surface area contributed by atoms with Crippen molar-refractivity contribution in [1.29, 1.82) is 0 Å². The van der Waals surface area contributed by atoms with E-state index in [9.17, 15) is 37.2 Å². The van der Waals surface area contributed by atoms with Gasteiger partial charge in [-0.25, -0.2) is 0 Å². The van der Waals surface area contributed by atoms with Crippen LogP contribution in [0.3, 0.4) is 0 Å². The number of carbonyl (C=O) groups excluding carboxylic acids is 1. The van der Waals surface area contributed by atoms with E-state index in [1.54, 1.807) is 0 Å². The fourth-order valence-corrected chi connectivity index (χ4v) is 5.26. The zero-order chi connectivity index (χ0) is 24.1. The van der Waals surface area contributed by atoms with Crippen LogP contribution in [-0.4, -0.2) is 43.5 Å². The summed E-state index contributed by atoms with van der Waals surface area (Å²) in [6, 6.07) is 7.35. The van der Waals surface area contributed by atoms with Crippen LogP contribution in [0.1, 0.15) is 27.5 Å². The second kappa shape index (κ2) is 8.12. The van der Waals surface area contributed by atoms with Crippen molar-refractivity contribution in [1.82, 2.24) is 9.88 Å². The zero-order valence-corrected chi connectivity index (χ0v) is 17.4. The number of halogens is 3. The van der Waals surface area contributed by atoms with E-state index in [0.717, 1.165) is 28.8 Å². The Labute approximate surface area is 186 Å². The first kappa shape index (κ1) is 22.7. The quantitative estimate of drug-likeness (QED) is 0.491. The van der Waals surface area contributed by atoms with Gasteiger partial charge in [-0.1, -0.05) is 18.2 Å². The van der Waals surface area contributed by atoms with Gasteiger partial charge in [0.05, 0.1) is 5.56 Å². The van der Waals surface area contributed by atoms with E-state index in [0.29, 0.717) is 0 Å². The fraction of sp³-hybridized carbons (Fsp3) is 0.190. The predicted molar refractivity (Wildman–Crippen MR) is 111 cm³/mol. The number of hydrogen-bond donors (Lipinski definition) is 3. The average Bonchev–Trinajstić information content (AvgIpc) is 2.76. The van der Waals surface area contributed by atoms with Gasteiger partial charge in [0.15, 0.2) is 4.90 Å². The van der Waals surface area contributed by atoms with Crippen LogP contribution in [0, 0.1) is 0 Å². The second-order valence-corrected chi connectivity index (χ2v) is 8.74. The number of rotatable bonds is 4. The van der Waals surface area contributed by atoms with Gasteiger partial charge < -0.3 is 20.1 Å². The van der Waals surface area contributed by atoms with Crippen LogP contribution in [0.2, 0.25) is 0 Å². The van der Waals surface area contributed by atoms with Crippen molar-refractivity contribution in [3.05, 3.63) is 69.5 Å². The van der Waals surface area contributed by atoms with Crippen LogP contribution in [0.15, 0.2) is 52.2 Å². The molecule has 1 amide bonds. The van der Waals surface area contributed by atoms with Crippen molar-refractivity contribution in [3.8, 4) is 5.75 Å². The molecule has 2 aromatic carbocycles. The molecule has 1 aliphatic rings. The lowest BCUT2D eigenvalue weighted by atomic mass is 10.0. The number of para-hydroxylation sites is 1. The average molecular weight is 480 g/mol. The maximum Gasteiger partial charge on any atom is 0.416 e. The molecule has 0 bridgehead atoms. The Bertz CT molecular complexity index is 1340. The van der Waals surface area contributed by atoms with E-state index in [1.807, 2.05) is 5.32 Å². The molecule has 0 saturated heterocycles. The van der Waals surface area contributed by atoms with Gasteiger partial charge >= 0.3 is 12.1 Å². The zero-order valence-electron chi connectivity index (χ0n) is 16.5. The highest BCUT2D eigenvalue weighted by Gasteiger charge is 2.37. The Balaban J connectivity index is 1.95. The van der Waals surface area contributed by atoms with E-state index in [2.05, 4.69) is 0 Å². The number of amides is 1. The Morgan fingerprint density at radius 1 is 1.18 bits per heavy atom. The largest absolute Gasteiger partial charge is 0.611 e. The fourth-order valence-electron chi connectivity index (χ4n) is 3.80. The number of aromatic hydroxyl groups is 1. The molecule has 3 aromatic rings. The number of carboxylic acid groups (broad SMARTS) is 1. The molecular formula is C21H15F3N2O6S. The summed E-state index contributed by atoms with van der Waals surface area (Å²) in [5.74, 6) is -3.36. The molecule has 0 saturated carbocycles. The van der Waals surface area contributed by atoms with E-state index in [-0.39, 0.29) is 27.1 Å². The van der Waals surface area contributed by atoms with Crippen LogP contribution < -0.4 is 10.9 Å². The second-order valence-electron chi connectivity index (χ2n) is 7.28. The number of nitrogens with one attached hydrogen (secondary N) is 1. The summed E-state index contributed by atoms with van der Waals surface area (Å²) in [4.78, 5) is 36.9. The molecule has 8 nitrogen and oxygen atoms in total. The monoisotopic (exact) mass is 480 g/mol. The van der Waals surface area contributed by atoms with Crippen molar-refractivity contribution in [2.24, 2.45) is 0 Å². The highest BCUT2D eigenvalue weighted by molar-refractivity contribution is 7.91. The Morgan fingerprint density at radius 3 is 2.45 bits per heavy atom. The number of nitrogens with zero attached hydrogens (tertiary/aromatic N) is 1. The van der Waals surface area contributed by atoms with Crippen LogP contribution in [0.4, 0.5) is 13.2 Å². The first-order chi connectivity index (χ1) is 15.5. The van der Waals surface area contributed by atoms with E-state index in [4.69, 9.17) is 5.11 Å². The molecule has 0 aliphatic carbocycles. The smallest absolute Gasteiger partial charge is 0.416 e. The molecule has 2 unspecified atom stereocenters. The summed E-state index contributed by atoms with van der Waals surface area (Å²) in [5.41, 5.74) is -2.27. The molecule has 2 atom stereocenters. The molecule has 1 aliphatic heterocycles. The minimum absolute atomic E-state index is 0.0255. The lowest BCUT2D eigenvalue weighted by Gasteiger charge is -2.30. The van der Waals surface area contributed by atoms with Gasteiger partial charge in [0.1, 0.15) is 35.2 Å². The lowest BCUT2D eigenvalue weighted by molar-refractivity contribution is -0.138. The predicted octanol–water partition coefficient (Wildman–Crippen LogP) is 2.25. The van der Waals surface area contributed by atoms with Crippen LogP contribution >= 0.6 is 0 Å².